The zero-order valence-electron chi connectivity index (χ0n) is 9.17. The van der Waals surface area contributed by atoms with Crippen molar-refractivity contribution < 1.29 is 4.74 Å². The average Bonchev–Trinajstić information content (AvgIpc) is 2.38. The van der Waals surface area contributed by atoms with Crippen molar-refractivity contribution in [1.82, 2.24) is 4.98 Å². The summed E-state index contributed by atoms with van der Waals surface area (Å²) >= 11 is 4.87. The Bertz CT molecular complexity index is 514. The molecule has 4 heteroatoms. The summed E-state index contributed by atoms with van der Waals surface area (Å²) < 4.78 is 5.61. The van der Waals surface area contributed by atoms with Crippen molar-refractivity contribution in [2.45, 2.75) is 6.61 Å². The zero-order valence-corrected chi connectivity index (χ0v) is 9.98. The molecule has 0 saturated heterocycles. The molecule has 1 aromatic carbocycles. The quantitative estimate of drug-likeness (QED) is 0.838. The van der Waals surface area contributed by atoms with Crippen LogP contribution in [0.1, 0.15) is 11.3 Å². The van der Waals surface area contributed by atoms with Crippen LogP contribution in [0.5, 0.6) is 5.75 Å². The molecule has 2 N–H and O–H groups in total. The number of rotatable bonds is 4. The third-order valence-corrected chi connectivity index (χ3v) is 2.43. The lowest BCUT2D eigenvalue weighted by Gasteiger charge is -2.06. The topological polar surface area (TPSA) is 48.1 Å². The molecule has 0 aliphatic heterocycles. The van der Waals surface area contributed by atoms with Gasteiger partial charge in [-0.15, -0.1) is 0 Å². The van der Waals surface area contributed by atoms with E-state index in [1.807, 2.05) is 42.5 Å². The minimum Gasteiger partial charge on any atom is -0.489 e. The van der Waals surface area contributed by atoms with Gasteiger partial charge in [0, 0.05) is 6.20 Å². The number of para-hydroxylation sites is 1. The fourth-order valence-electron chi connectivity index (χ4n) is 1.38. The summed E-state index contributed by atoms with van der Waals surface area (Å²) in [6.07, 6.45) is 1.68. The third kappa shape index (κ3) is 3.26. The van der Waals surface area contributed by atoms with Gasteiger partial charge >= 0.3 is 0 Å². The van der Waals surface area contributed by atoms with Crippen LogP contribution < -0.4 is 10.5 Å². The molecule has 0 spiro atoms. The monoisotopic (exact) mass is 244 g/mol. The van der Waals surface area contributed by atoms with Crippen LogP contribution in [0.4, 0.5) is 0 Å². The molecule has 0 aliphatic rings. The van der Waals surface area contributed by atoms with Crippen molar-refractivity contribution in [1.29, 1.82) is 0 Å². The van der Waals surface area contributed by atoms with E-state index in [1.165, 1.54) is 0 Å². The van der Waals surface area contributed by atoms with Gasteiger partial charge in [-0.05, 0) is 29.8 Å². The first kappa shape index (κ1) is 11.5. The second kappa shape index (κ2) is 5.41. The van der Waals surface area contributed by atoms with E-state index in [0.717, 1.165) is 11.3 Å². The first-order valence-corrected chi connectivity index (χ1v) is 5.59. The number of nitrogens with zero attached hydrogens (tertiary/aromatic N) is 1. The van der Waals surface area contributed by atoms with Gasteiger partial charge in [0.1, 0.15) is 17.3 Å². The molecule has 0 aliphatic carbocycles. The molecule has 0 fully saturated rings. The summed E-state index contributed by atoms with van der Waals surface area (Å²) in [5, 5.41) is 0. The van der Waals surface area contributed by atoms with E-state index >= 15 is 0 Å². The lowest BCUT2D eigenvalue weighted by Crippen LogP contribution is -2.12. The van der Waals surface area contributed by atoms with E-state index < -0.39 is 0 Å². The van der Waals surface area contributed by atoms with Crippen molar-refractivity contribution in [2.24, 2.45) is 5.73 Å². The molecule has 0 radical (unpaired) electrons. The third-order valence-electron chi connectivity index (χ3n) is 2.23. The highest BCUT2D eigenvalue weighted by molar-refractivity contribution is 7.80. The van der Waals surface area contributed by atoms with Gasteiger partial charge in [-0.2, -0.15) is 0 Å². The normalized spacial score (nSPS) is 9.88. The highest BCUT2D eigenvalue weighted by Crippen LogP contribution is 2.11. The molecule has 1 heterocycles. The van der Waals surface area contributed by atoms with Crippen LogP contribution in [-0.2, 0) is 6.61 Å². The SMILES string of the molecule is NC(=S)c1cc(COc2ccccc2)ccn1. The molecule has 86 valence electrons. The number of pyridine rings is 1. The molecule has 0 bridgehead atoms. The van der Waals surface area contributed by atoms with Crippen LogP contribution in [0.25, 0.3) is 0 Å². The van der Waals surface area contributed by atoms with Crippen molar-refractivity contribution >= 4 is 17.2 Å². The molecule has 0 unspecified atom stereocenters. The molecule has 0 atom stereocenters. The van der Waals surface area contributed by atoms with Crippen LogP contribution in [-0.4, -0.2) is 9.97 Å². The number of benzene rings is 1. The van der Waals surface area contributed by atoms with Gasteiger partial charge in [-0.3, -0.25) is 4.98 Å². The Morgan fingerprint density at radius 3 is 2.71 bits per heavy atom. The van der Waals surface area contributed by atoms with Crippen molar-refractivity contribution in [3.05, 3.63) is 59.9 Å². The van der Waals surface area contributed by atoms with Crippen LogP contribution in [0.2, 0.25) is 0 Å². The highest BCUT2D eigenvalue weighted by atomic mass is 32.1. The van der Waals surface area contributed by atoms with E-state index in [1.54, 1.807) is 6.20 Å². The van der Waals surface area contributed by atoms with Crippen molar-refractivity contribution in [3.63, 3.8) is 0 Å². The molecule has 2 rings (SSSR count). The summed E-state index contributed by atoms with van der Waals surface area (Å²) in [4.78, 5) is 4.37. The Kier molecular flexibility index (Phi) is 3.67. The van der Waals surface area contributed by atoms with Gasteiger partial charge in [-0.25, -0.2) is 0 Å². The average molecular weight is 244 g/mol. The molecule has 1 aromatic heterocycles. The van der Waals surface area contributed by atoms with Crippen LogP contribution in [0.15, 0.2) is 48.7 Å². The Labute approximate surface area is 105 Å². The summed E-state index contributed by atoms with van der Waals surface area (Å²) in [6.45, 7) is 0.474. The lowest BCUT2D eigenvalue weighted by atomic mass is 10.2. The highest BCUT2D eigenvalue weighted by Gasteiger charge is 2.00. The van der Waals surface area contributed by atoms with Gasteiger partial charge in [-0.1, -0.05) is 30.4 Å². The number of ether oxygens (including phenoxy) is 1. The largest absolute Gasteiger partial charge is 0.489 e. The first-order valence-electron chi connectivity index (χ1n) is 5.18. The minimum absolute atomic E-state index is 0.298. The second-order valence-electron chi connectivity index (χ2n) is 3.52. The Balaban J connectivity index is 2.04. The standard InChI is InChI=1S/C13H12N2OS/c14-13(17)12-8-10(6-7-15-12)9-16-11-4-2-1-3-5-11/h1-8H,9H2,(H2,14,17). The summed E-state index contributed by atoms with van der Waals surface area (Å²) in [6, 6.07) is 13.4. The lowest BCUT2D eigenvalue weighted by molar-refractivity contribution is 0.306. The molecular weight excluding hydrogens is 232 g/mol. The van der Waals surface area contributed by atoms with Gasteiger partial charge in [0.2, 0.25) is 0 Å². The molecule has 0 saturated carbocycles. The number of hydrogen-bond acceptors (Lipinski definition) is 3. The maximum atomic E-state index is 5.61. The molecule has 2 aromatic rings. The predicted molar refractivity (Wildman–Crippen MR) is 70.9 cm³/mol. The molecular formula is C13H12N2OS. The number of hydrogen-bond donors (Lipinski definition) is 1. The van der Waals surface area contributed by atoms with E-state index in [0.29, 0.717) is 17.3 Å². The van der Waals surface area contributed by atoms with E-state index in [9.17, 15) is 0 Å². The minimum atomic E-state index is 0.298. The van der Waals surface area contributed by atoms with Gasteiger partial charge in [0.25, 0.3) is 0 Å². The fraction of sp³-hybridized carbons (Fsp3) is 0.0769. The molecule has 3 nitrogen and oxygen atoms in total. The van der Waals surface area contributed by atoms with Gasteiger partial charge in [0.05, 0.1) is 5.69 Å². The van der Waals surface area contributed by atoms with Crippen LogP contribution in [0.3, 0.4) is 0 Å². The van der Waals surface area contributed by atoms with E-state index in [2.05, 4.69) is 4.98 Å². The smallest absolute Gasteiger partial charge is 0.122 e. The van der Waals surface area contributed by atoms with E-state index in [4.69, 9.17) is 22.7 Å². The van der Waals surface area contributed by atoms with E-state index in [-0.39, 0.29) is 0 Å². The molecule has 0 amide bonds. The Morgan fingerprint density at radius 1 is 1.24 bits per heavy atom. The maximum Gasteiger partial charge on any atom is 0.122 e. The summed E-state index contributed by atoms with van der Waals surface area (Å²) in [5.41, 5.74) is 7.13. The van der Waals surface area contributed by atoms with Crippen LogP contribution >= 0.6 is 12.2 Å². The summed E-state index contributed by atoms with van der Waals surface area (Å²) in [5.74, 6) is 0.834. The van der Waals surface area contributed by atoms with Crippen molar-refractivity contribution in [2.75, 3.05) is 0 Å². The second-order valence-corrected chi connectivity index (χ2v) is 3.96. The number of nitrogens with two attached hydrogens (primary N) is 1. The van der Waals surface area contributed by atoms with Crippen molar-refractivity contribution in [3.8, 4) is 5.75 Å². The first-order chi connectivity index (χ1) is 8.25. The van der Waals surface area contributed by atoms with Gasteiger partial charge in [0.15, 0.2) is 0 Å². The number of thiocarbonyl (C=S) groups is 1. The number of aromatic nitrogens is 1. The Morgan fingerprint density at radius 2 is 2.00 bits per heavy atom. The predicted octanol–water partition coefficient (Wildman–Crippen LogP) is 2.29. The Hall–Kier alpha value is -1.94. The van der Waals surface area contributed by atoms with Gasteiger partial charge < -0.3 is 10.5 Å². The molecule has 17 heavy (non-hydrogen) atoms. The fourth-order valence-corrected chi connectivity index (χ4v) is 1.49. The zero-order chi connectivity index (χ0) is 12.1. The maximum absolute atomic E-state index is 5.61. The van der Waals surface area contributed by atoms with Crippen LogP contribution in [0, 0.1) is 0 Å². The summed E-state index contributed by atoms with van der Waals surface area (Å²) in [7, 11) is 0.